The number of hydrogen-bond donors (Lipinski definition) is 0. The molecular formula is C18H19N3O2. The van der Waals surface area contributed by atoms with Gasteiger partial charge in [0.1, 0.15) is 17.2 Å². The predicted molar refractivity (Wildman–Crippen MR) is 88.7 cm³/mol. The highest BCUT2D eigenvalue weighted by atomic mass is 16.5. The van der Waals surface area contributed by atoms with E-state index in [0.29, 0.717) is 5.92 Å². The fourth-order valence-corrected chi connectivity index (χ4v) is 3.09. The number of furan rings is 1. The van der Waals surface area contributed by atoms with E-state index < -0.39 is 0 Å². The molecule has 1 fully saturated rings. The van der Waals surface area contributed by atoms with Gasteiger partial charge in [0.15, 0.2) is 0 Å². The molecule has 3 aromatic heterocycles. The van der Waals surface area contributed by atoms with Crippen LogP contribution in [0.2, 0.25) is 0 Å². The van der Waals surface area contributed by atoms with E-state index >= 15 is 0 Å². The third-order valence-electron chi connectivity index (χ3n) is 4.41. The molecule has 0 radical (unpaired) electrons. The van der Waals surface area contributed by atoms with Crippen LogP contribution in [-0.4, -0.2) is 29.7 Å². The molecule has 0 bridgehead atoms. The monoisotopic (exact) mass is 309 g/mol. The molecule has 23 heavy (non-hydrogen) atoms. The SMILES string of the molecule is c1cc(OCC2CCN(c3nccc4occc34)CC2)ccn1. The second kappa shape index (κ2) is 6.28. The van der Waals surface area contributed by atoms with Crippen LogP contribution in [-0.2, 0) is 0 Å². The van der Waals surface area contributed by atoms with E-state index in [1.165, 1.54) is 0 Å². The predicted octanol–water partition coefficient (Wildman–Crippen LogP) is 3.52. The van der Waals surface area contributed by atoms with Crippen LogP contribution in [0.5, 0.6) is 5.75 Å². The molecule has 4 rings (SSSR count). The van der Waals surface area contributed by atoms with E-state index in [2.05, 4.69) is 14.9 Å². The Bertz CT molecular complexity index is 764. The standard InChI is InChI=1S/C18H19N3O2/c1-7-19-8-2-15(1)23-13-14-4-10-21(11-5-14)18-16-6-12-22-17(16)3-9-20-18/h1-3,6-9,12,14H,4-5,10-11,13H2. The lowest BCUT2D eigenvalue weighted by atomic mass is 9.97. The van der Waals surface area contributed by atoms with Crippen molar-refractivity contribution < 1.29 is 9.15 Å². The van der Waals surface area contributed by atoms with Crippen molar-refractivity contribution in [1.29, 1.82) is 0 Å². The topological polar surface area (TPSA) is 51.4 Å². The van der Waals surface area contributed by atoms with Crippen LogP contribution >= 0.6 is 0 Å². The normalized spacial score (nSPS) is 15.9. The number of fused-ring (bicyclic) bond motifs is 1. The van der Waals surface area contributed by atoms with Gasteiger partial charge in [-0.2, -0.15) is 0 Å². The molecule has 0 unspecified atom stereocenters. The summed E-state index contributed by atoms with van der Waals surface area (Å²) in [6.07, 6.45) is 9.29. The molecule has 1 aliphatic rings. The summed E-state index contributed by atoms with van der Waals surface area (Å²) in [4.78, 5) is 10.9. The fourth-order valence-electron chi connectivity index (χ4n) is 3.09. The third kappa shape index (κ3) is 2.99. The summed E-state index contributed by atoms with van der Waals surface area (Å²) in [5.74, 6) is 2.51. The van der Waals surface area contributed by atoms with Crippen molar-refractivity contribution in [2.45, 2.75) is 12.8 Å². The summed E-state index contributed by atoms with van der Waals surface area (Å²) < 4.78 is 11.3. The zero-order chi connectivity index (χ0) is 15.5. The van der Waals surface area contributed by atoms with Crippen LogP contribution in [0.3, 0.4) is 0 Å². The van der Waals surface area contributed by atoms with Gasteiger partial charge in [-0.05, 0) is 43.0 Å². The second-order valence-corrected chi connectivity index (χ2v) is 5.89. The van der Waals surface area contributed by atoms with Crippen molar-refractivity contribution in [1.82, 2.24) is 9.97 Å². The minimum Gasteiger partial charge on any atom is -0.493 e. The molecular weight excluding hydrogens is 290 g/mol. The van der Waals surface area contributed by atoms with E-state index in [-0.39, 0.29) is 0 Å². The second-order valence-electron chi connectivity index (χ2n) is 5.89. The van der Waals surface area contributed by atoms with Crippen molar-refractivity contribution in [2.24, 2.45) is 5.92 Å². The van der Waals surface area contributed by atoms with E-state index in [4.69, 9.17) is 9.15 Å². The first-order valence-corrected chi connectivity index (χ1v) is 8.00. The molecule has 1 saturated heterocycles. The Morgan fingerprint density at radius 1 is 1.09 bits per heavy atom. The molecule has 0 amide bonds. The average Bonchev–Trinajstić information content (AvgIpc) is 3.10. The zero-order valence-corrected chi connectivity index (χ0v) is 12.9. The molecule has 3 aromatic rings. The number of ether oxygens (including phenoxy) is 1. The van der Waals surface area contributed by atoms with Crippen LogP contribution in [0.15, 0.2) is 53.5 Å². The largest absolute Gasteiger partial charge is 0.493 e. The quantitative estimate of drug-likeness (QED) is 0.738. The highest BCUT2D eigenvalue weighted by molar-refractivity contribution is 5.88. The van der Waals surface area contributed by atoms with Gasteiger partial charge in [-0.3, -0.25) is 4.98 Å². The maximum absolute atomic E-state index is 5.86. The molecule has 0 aromatic carbocycles. The fraction of sp³-hybridized carbons (Fsp3) is 0.333. The van der Waals surface area contributed by atoms with Crippen molar-refractivity contribution >= 4 is 16.8 Å². The molecule has 5 heteroatoms. The zero-order valence-electron chi connectivity index (χ0n) is 12.9. The summed E-state index contributed by atoms with van der Waals surface area (Å²) in [6, 6.07) is 7.71. The third-order valence-corrected chi connectivity index (χ3v) is 4.41. The molecule has 0 aliphatic carbocycles. The van der Waals surface area contributed by atoms with Gasteiger partial charge in [0.25, 0.3) is 0 Å². The number of pyridine rings is 2. The number of piperidine rings is 1. The average molecular weight is 309 g/mol. The van der Waals surface area contributed by atoms with Crippen LogP contribution in [0.1, 0.15) is 12.8 Å². The van der Waals surface area contributed by atoms with Crippen LogP contribution in [0.25, 0.3) is 11.0 Å². The van der Waals surface area contributed by atoms with Gasteiger partial charge in [-0.1, -0.05) is 0 Å². The van der Waals surface area contributed by atoms with Crippen molar-refractivity contribution in [3.8, 4) is 5.75 Å². The lowest BCUT2D eigenvalue weighted by Gasteiger charge is -2.32. The van der Waals surface area contributed by atoms with Gasteiger partial charge < -0.3 is 14.1 Å². The molecule has 0 spiro atoms. The van der Waals surface area contributed by atoms with Crippen LogP contribution in [0, 0.1) is 5.92 Å². The van der Waals surface area contributed by atoms with Crippen LogP contribution in [0.4, 0.5) is 5.82 Å². The summed E-state index contributed by atoms with van der Waals surface area (Å²) in [5.41, 5.74) is 0.901. The Balaban J connectivity index is 1.37. The Labute approximate surface area is 134 Å². The summed E-state index contributed by atoms with van der Waals surface area (Å²) in [7, 11) is 0. The summed E-state index contributed by atoms with van der Waals surface area (Å²) >= 11 is 0. The van der Waals surface area contributed by atoms with Gasteiger partial charge in [-0.25, -0.2) is 4.98 Å². The van der Waals surface area contributed by atoms with E-state index in [1.807, 2.05) is 30.5 Å². The summed E-state index contributed by atoms with van der Waals surface area (Å²) in [5, 5.41) is 1.10. The van der Waals surface area contributed by atoms with Crippen molar-refractivity contribution in [3.63, 3.8) is 0 Å². The first-order valence-electron chi connectivity index (χ1n) is 8.00. The number of nitrogens with zero attached hydrogens (tertiary/aromatic N) is 3. The van der Waals surface area contributed by atoms with Gasteiger partial charge in [0.2, 0.25) is 0 Å². The first kappa shape index (κ1) is 14.1. The minimum atomic E-state index is 0.586. The number of anilines is 1. The molecule has 4 heterocycles. The highest BCUT2D eigenvalue weighted by Gasteiger charge is 2.22. The molecule has 0 saturated carbocycles. The highest BCUT2D eigenvalue weighted by Crippen LogP contribution is 2.29. The Morgan fingerprint density at radius 2 is 1.91 bits per heavy atom. The number of aromatic nitrogens is 2. The van der Waals surface area contributed by atoms with Gasteiger partial charge in [-0.15, -0.1) is 0 Å². The van der Waals surface area contributed by atoms with Gasteiger partial charge in [0.05, 0.1) is 18.3 Å². The Morgan fingerprint density at radius 3 is 2.74 bits per heavy atom. The lowest BCUT2D eigenvalue weighted by molar-refractivity contribution is 0.222. The Hall–Kier alpha value is -2.56. The molecule has 118 valence electrons. The first-order chi connectivity index (χ1) is 11.4. The van der Waals surface area contributed by atoms with Crippen molar-refractivity contribution in [2.75, 3.05) is 24.6 Å². The lowest BCUT2D eigenvalue weighted by Crippen LogP contribution is -2.36. The maximum Gasteiger partial charge on any atom is 0.139 e. The summed E-state index contributed by atoms with van der Waals surface area (Å²) in [6.45, 7) is 2.77. The van der Waals surface area contributed by atoms with E-state index in [0.717, 1.165) is 55.1 Å². The number of rotatable bonds is 4. The molecule has 0 N–H and O–H groups in total. The Kier molecular flexibility index (Phi) is 3.84. The van der Waals surface area contributed by atoms with E-state index in [1.54, 1.807) is 18.7 Å². The molecule has 0 atom stereocenters. The van der Waals surface area contributed by atoms with E-state index in [9.17, 15) is 0 Å². The van der Waals surface area contributed by atoms with Crippen LogP contribution < -0.4 is 9.64 Å². The molecule has 1 aliphatic heterocycles. The maximum atomic E-state index is 5.86. The van der Waals surface area contributed by atoms with Gasteiger partial charge in [0, 0.05) is 31.7 Å². The minimum absolute atomic E-state index is 0.586. The van der Waals surface area contributed by atoms with Crippen molar-refractivity contribution in [3.05, 3.63) is 49.1 Å². The van der Waals surface area contributed by atoms with Gasteiger partial charge >= 0.3 is 0 Å². The smallest absolute Gasteiger partial charge is 0.139 e. The number of hydrogen-bond acceptors (Lipinski definition) is 5. The molecule has 5 nitrogen and oxygen atoms in total.